The standard InChI is InChI=1S/C22H19NO5S/c1-28-21-18(17-7-11-6-12(24)4-5-16(11)29-17)13(10-2-3-10)8-14-19(21)23-9-15(20(14)25)22(26)27/h7-10H,2-6H2,1H3,(H,23,25)(H,26,27). The molecule has 6 nitrogen and oxygen atoms in total. The number of fused-ring (bicyclic) bond motifs is 2. The summed E-state index contributed by atoms with van der Waals surface area (Å²) in [6.45, 7) is 0. The lowest BCUT2D eigenvalue weighted by Gasteiger charge is -2.16. The topological polar surface area (TPSA) is 96.5 Å². The predicted molar refractivity (Wildman–Crippen MR) is 110 cm³/mol. The zero-order chi connectivity index (χ0) is 20.3. The molecule has 0 atom stereocenters. The molecule has 2 heterocycles. The Balaban J connectivity index is 1.80. The highest BCUT2D eigenvalue weighted by Crippen LogP contribution is 2.51. The molecule has 0 saturated heterocycles. The monoisotopic (exact) mass is 409 g/mol. The van der Waals surface area contributed by atoms with E-state index in [1.807, 2.05) is 6.07 Å². The number of methoxy groups -OCH3 is 1. The highest BCUT2D eigenvalue weighted by molar-refractivity contribution is 7.15. The fourth-order valence-electron chi connectivity index (χ4n) is 4.19. The third-order valence-electron chi connectivity index (χ3n) is 5.78. The average Bonchev–Trinajstić information content (AvgIpc) is 3.46. The van der Waals surface area contributed by atoms with Crippen LogP contribution in [0.3, 0.4) is 0 Å². The number of pyridine rings is 1. The summed E-state index contributed by atoms with van der Waals surface area (Å²) in [4.78, 5) is 41.3. The number of thiophene rings is 1. The van der Waals surface area contributed by atoms with Crippen LogP contribution in [0.5, 0.6) is 5.75 Å². The van der Waals surface area contributed by atoms with Crippen LogP contribution in [0.2, 0.25) is 0 Å². The lowest BCUT2D eigenvalue weighted by atomic mass is 9.94. The van der Waals surface area contributed by atoms with E-state index in [1.54, 1.807) is 18.4 Å². The summed E-state index contributed by atoms with van der Waals surface area (Å²) >= 11 is 1.68. The van der Waals surface area contributed by atoms with Crippen LogP contribution >= 0.6 is 11.3 Å². The lowest BCUT2D eigenvalue weighted by molar-refractivity contribution is -0.118. The van der Waals surface area contributed by atoms with Gasteiger partial charge in [0.05, 0.1) is 18.0 Å². The van der Waals surface area contributed by atoms with Crippen molar-refractivity contribution in [3.63, 3.8) is 0 Å². The van der Waals surface area contributed by atoms with Gasteiger partial charge in [0.2, 0.25) is 5.43 Å². The highest BCUT2D eigenvalue weighted by Gasteiger charge is 2.32. The van der Waals surface area contributed by atoms with E-state index in [0.717, 1.165) is 40.8 Å². The van der Waals surface area contributed by atoms with Crippen molar-refractivity contribution in [2.45, 2.75) is 38.0 Å². The number of carboxylic acid groups (broad SMARTS) is 1. The second-order valence-corrected chi connectivity index (χ2v) is 8.82. The minimum Gasteiger partial charge on any atom is -0.494 e. The number of benzene rings is 1. The number of hydrogen-bond acceptors (Lipinski definition) is 5. The quantitative estimate of drug-likeness (QED) is 0.681. The molecule has 0 spiro atoms. The molecule has 1 saturated carbocycles. The summed E-state index contributed by atoms with van der Waals surface area (Å²) in [7, 11) is 1.56. The van der Waals surface area contributed by atoms with E-state index >= 15 is 0 Å². The Morgan fingerprint density at radius 2 is 2.03 bits per heavy atom. The first kappa shape index (κ1) is 18.1. The van der Waals surface area contributed by atoms with Gasteiger partial charge < -0.3 is 14.8 Å². The van der Waals surface area contributed by atoms with E-state index in [2.05, 4.69) is 11.1 Å². The molecule has 0 bridgehead atoms. The number of aromatic carboxylic acids is 1. The van der Waals surface area contributed by atoms with E-state index < -0.39 is 11.4 Å². The molecule has 2 aromatic heterocycles. The van der Waals surface area contributed by atoms with Crippen molar-refractivity contribution in [1.29, 1.82) is 0 Å². The molecule has 29 heavy (non-hydrogen) atoms. The van der Waals surface area contributed by atoms with Gasteiger partial charge in [-0.2, -0.15) is 0 Å². The zero-order valence-corrected chi connectivity index (χ0v) is 16.6. The summed E-state index contributed by atoms with van der Waals surface area (Å²) in [5, 5.41) is 9.65. The molecule has 0 unspecified atom stereocenters. The largest absolute Gasteiger partial charge is 0.494 e. The number of carbonyl (C=O) groups is 2. The van der Waals surface area contributed by atoms with Crippen LogP contribution < -0.4 is 10.2 Å². The maximum atomic E-state index is 12.8. The normalized spacial score (nSPS) is 16.1. The molecule has 1 aromatic carbocycles. The fourth-order valence-corrected chi connectivity index (χ4v) is 5.44. The van der Waals surface area contributed by atoms with Gasteiger partial charge in [-0.3, -0.25) is 9.59 Å². The number of carboxylic acids is 1. The smallest absolute Gasteiger partial charge is 0.341 e. The first-order chi connectivity index (χ1) is 14.0. The maximum Gasteiger partial charge on any atom is 0.341 e. The number of aromatic amines is 1. The van der Waals surface area contributed by atoms with Crippen molar-refractivity contribution in [3.05, 3.63) is 50.1 Å². The SMILES string of the molecule is COc1c(-c2cc3c(s2)CCC(=O)C3)c(C2CC2)cc2c(=O)c(C(=O)O)c[nH]c12. The number of carbonyl (C=O) groups excluding carboxylic acids is 1. The number of Topliss-reactive ketones (excluding diaryl/α,β-unsaturated/α-hetero) is 1. The van der Waals surface area contributed by atoms with Crippen LogP contribution in [0, 0.1) is 0 Å². The third-order valence-corrected chi connectivity index (χ3v) is 7.03. The van der Waals surface area contributed by atoms with Crippen LogP contribution in [0.1, 0.15) is 51.5 Å². The number of ether oxygens (including phenoxy) is 1. The number of ketones is 1. The molecule has 2 aliphatic carbocycles. The number of aromatic nitrogens is 1. The average molecular weight is 409 g/mol. The van der Waals surface area contributed by atoms with Crippen molar-refractivity contribution in [2.24, 2.45) is 0 Å². The van der Waals surface area contributed by atoms with E-state index in [9.17, 15) is 19.5 Å². The molecular weight excluding hydrogens is 390 g/mol. The Morgan fingerprint density at radius 1 is 1.24 bits per heavy atom. The molecule has 0 amide bonds. The van der Waals surface area contributed by atoms with Gasteiger partial charge in [0.1, 0.15) is 11.3 Å². The predicted octanol–water partition coefficient (Wildman–Crippen LogP) is 3.90. The van der Waals surface area contributed by atoms with Gasteiger partial charge in [-0.1, -0.05) is 0 Å². The first-order valence-electron chi connectivity index (χ1n) is 9.61. The fraction of sp³-hybridized carbons (Fsp3) is 0.318. The number of rotatable bonds is 4. The van der Waals surface area contributed by atoms with Gasteiger partial charge >= 0.3 is 5.97 Å². The first-order valence-corrected chi connectivity index (χ1v) is 10.4. The Kier molecular flexibility index (Phi) is 4.10. The Bertz CT molecular complexity index is 1250. The molecule has 5 rings (SSSR count). The van der Waals surface area contributed by atoms with Crippen LogP contribution in [0.15, 0.2) is 23.1 Å². The van der Waals surface area contributed by atoms with Gasteiger partial charge in [-0.05, 0) is 48.4 Å². The molecular formula is C22H19NO5S. The van der Waals surface area contributed by atoms with Crippen LogP contribution in [-0.4, -0.2) is 29.0 Å². The van der Waals surface area contributed by atoms with Crippen LogP contribution in [0.4, 0.5) is 0 Å². The number of H-pyrrole nitrogens is 1. The van der Waals surface area contributed by atoms with Crippen LogP contribution in [0.25, 0.3) is 21.3 Å². The van der Waals surface area contributed by atoms with Crippen molar-refractivity contribution in [2.75, 3.05) is 7.11 Å². The van der Waals surface area contributed by atoms with Gasteiger partial charge in [0.15, 0.2) is 5.75 Å². The van der Waals surface area contributed by atoms with Crippen LogP contribution in [-0.2, 0) is 17.6 Å². The van der Waals surface area contributed by atoms with Gasteiger partial charge in [-0.15, -0.1) is 11.3 Å². The number of aryl methyl sites for hydroxylation is 1. The number of nitrogens with one attached hydrogen (secondary N) is 1. The summed E-state index contributed by atoms with van der Waals surface area (Å²) < 4.78 is 5.76. The van der Waals surface area contributed by atoms with Crippen molar-refractivity contribution >= 4 is 34.0 Å². The molecule has 7 heteroatoms. The summed E-state index contributed by atoms with van der Waals surface area (Å²) in [6, 6.07) is 3.91. The van der Waals surface area contributed by atoms with Crippen molar-refractivity contribution in [3.8, 4) is 16.2 Å². The van der Waals surface area contributed by atoms with Gasteiger partial charge in [0, 0.05) is 34.4 Å². The van der Waals surface area contributed by atoms with Gasteiger partial charge in [-0.25, -0.2) is 4.79 Å². The summed E-state index contributed by atoms with van der Waals surface area (Å²) in [5.74, 6) is -0.0969. The zero-order valence-electron chi connectivity index (χ0n) is 15.8. The summed E-state index contributed by atoms with van der Waals surface area (Å²) in [5.41, 5.74) is 2.78. The van der Waals surface area contributed by atoms with Crippen molar-refractivity contribution < 1.29 is 19.4 Å². The molecule has 0 radical (unpaired) electrons. The molecule has 3 aromatic rings. The molecule has 0 aliphatic heterocycles. The number of hydrogen-bond donors (Lipinski definition) is 2. The second-order valence-electron chi connectivity index (χ2n) is 7.68. The Labute approximate surface area is 170 Å². The third kappa shape index (κ3) is 2.88. The maximum absolute atomic E-state index is 12.8. The van der Waals surface area contributed by atoms with E-state index in [4.69, 9.17) is 4.74 Å². The molecule has 148 valence electrons. The molecule has 1 fully saturated rings. The van der Waals surface area contributed by atoms with E-state index in [0.29, 0.717) is 35.4 Å². The Morgan fingerprint density at radius 3 is 2.72 bits per heavy atom. The minimum atomic E-state index is -1.25. The summed E-state index contributed by atoms with van der Waals surface area (Å²) in [6.07, 6.45) is 5.12. The van der Waals surface area contributed by atoms with E-state index in [-0.39, 0.29) is 11.3 Å². The van der Waals surface area contributed by atoms with E-state index in [1.165, 1.54) is 11.1 Å². The van der Waals surface area contributed by atoms with Crippen molar-refractivity contribution in [1.82, 2.24) is 4.98 Å². The lowest BCUT2D eigenvalue weighted by Crippen LogP contribution is -2.16. The van der Waals surface area contributed by atoms with Gasteiger partial charge in [0.25, 0.3) is 0 Å². The molecule has 2 aliphatic rings. The molecule has 2 N–H and O–H groups in total. The highest BCUT2D eigenvalue weighted by atomic mass is 32.1. The Hall–Kier alpha value is -2.93. The second kappa shape index (κ2) is 6.56. The minimum absolute atomic E-state index is 0.264.